The van der Waals surface area contributed by atoms with Crippen molar-refractivity contribution in [3.63, 3.8) is 0 Å². The van der Waals surface area contributed by atoms with Crippen LogP contribution in [0.15, 0.2) is 29.1 Å². The van der Waals surface area contributed by atoms with Crippen molar-refractivity contribution >= 4 is 23.2 Å². The maximum absolute atomic E-state index is 12.7. The van der Waals surface area contributed by atoms with Gasteiger partial charge in [-0.15, -0.1) is 0 Å². The third-order valence-corrected chi connectivity index (χ3v) is 4.23. The van der Waals surface area contributed by atoms with E-state index < -0.39 is 11.9 Å². The predicted octanol–water partition coefficient (Wildman–Crippen LogP) is 2.52. The summed E-state index contributed by atoms with van der Waals surface area (Å²) in [6.45, 7) is 1.65. The van der Waals surface area contributed by atoms with Crippen LogP contribution in [0.1, 0.15) is 16.1 Å². The maximum atomic E-state index is 12.7. The van der Waals surface area contributed by atoms with Gasteiger partial charge in [-0.25, -0.2) is 9.97 Å². The van der Waals surface area contributed by atoms with E-state index in [4.69, 9.17) is 0 Å². The third kappa shape index (κ3) is 3.44. The highest BCUT2D eigenvalue weighted by atomic mass is 32.1. The minimum absolute atomic E-state index is 0.0439. The molecule has 1 aliphatic rings. The van der Waals surface area contributed by atoms with Gasteiger partial charge in [0.05, 0.1) is 5.56 Å². The van der Waals surface area contributed by atoms with Gasteiger partial charge in [-0.2, -0.15) is 24.5 Å². The number of aromatic nitrogens is 2. The van der Waals surface area contributed by atoms with Gasteiger partial charge in [0.1, 0.15) is 5.69 Å². The van der Waals surface area contributed by atoms with Gasteiger partial charge >= 0.3 is 6.18 Å². The molecule has 2 aromatic rings. The molecule has 1 amide bonds. The van der Waals surface area contributed by atoms with Crippen LogP contribution in [0.5, 0.6) is 0 Å². The molecule has 5 nitrogen and oxygen atoms in total. The normalized spacial score (nSPS) is 15.8. The Morgan fingerprint density at radius 3 is 2.52 bits per heavy atom. The summed E-state index contributed by atoms with van der Waals surface area (Å²) in [7, 11) is 0. The maximum Gasteiger partial charge on any atom is 0.433 e. The van der Waals surface area contributed by atoms with Crippen molar-refractivity contribution in [3.05, 3.63) is 40.3 Å². The van der Waals surface area contributed by atoms with Crippen molar-refractivity contribution < 1.29 is 18.0 Å². The number of thiophene rings is 1. The van der Waals surface area contributed by atoms with E-state index in [-0.39, 0.29) is 11.9 Å². The lowest BCUT2D eigenvalue weighted by molar-refractivity contribution is -0.141. The van der Waals surface area contributed by atoms with E-state index in [2.05, 4.69) is 9.97 Å². The smallest absolute Gasteiger partial charge is 0.337 e. The summed E-state index contributed by atoms with van der Waals surface area (Å²) in [6.07, 6.45) is -3.39. The standard InChI is InChI=1S/C14H13F3N4OS/c15-14(16,17)11-1-3-18-13(19-11)21-6-4-20(5-7-21)12(22)10-2-8-23-9-10/h1-3,8-9H,4-7H2. The van der Waals surface area contributed by atoms with Crippen LogP contribution < -0.4 is 4.90 Å². The minimum atomic E-state index is -4.49. The highest BCUT2D eigenvalue weighted by molar-refractivity contribution is 7.08. The highest BCUT2D eigenvalue weighted by Crippen LogP contribution is 2.28. The largest absolute Gasteiger partial charge is 0.433 e. The number of carbonyl (C=O) groups excluding carboxylic acids is 1. The molecule has 0 aliphatic carbocycles. The molecule has 1 fully saturated rings. The van der Waals surface area contributed by atoms with Crippen LogP contribution in [0.25, 0.3) is 0 Å². The zero-order valence-corrected chi connectivity index (χ0v) is 12.8. The zero-order valence-electron chi connectivity index (χ0n) is 12.0. The van der Waals surface area contributed by atoms with Crippen LogP contribution in [0, 0.1) is 0 Å². The molecule has 0 radical (unpaired) electrons. The summed E-state index contributed by atoms with van der Waals surface area (Å²) in [4.78, 5) is 23.1. The second-order valence-corrected chi connectivity index (χ2v) is 5.81. The van der Waals surface area contributed by atoms with E-state index in [9.17, 15) is 18.0 Å². The molecule has 3 heterocycles. The monoisotopic (exact) mass is 342 g/mol. The number of nitrogens with zero attached hydrogens (tertiary/aromatic N) is 4. The number of rotatable bonds is 2. The van der Waals surface area contributed by atoms with E-state index in [0.717, 1.165) is 12.3 Å². The molecule has 0 unspecified atom stereocenters. The van der Waals surface area contributed by atoms with Gasteiger partial charge in [0.2, 0.25) is 5.95 Å². The van der Waals surface area contributed by atoms with Crippen molar-refractivity contribution in [1.29, 1.82) is 0 Å². The van der Waals surface area contributed by atoms with Gasteiger partial charge in [-0.3, -0.25) is 4.79 Å². The van der Waals surface area contributed by atoms with Crippen LogP contribution in [-0.4, -0.2) is 47.0 Å². The van der Waals surface area contributed by atoms with Gasteiger partial charge in [-0.1, -0.05) is 0 Å². The van der Waals surface area contributed by atoms with E-state index in [1.54, 1.807) is 21.2 Å². The highest BCUT2D eigenvalue weighted by Gasteiger charge is 2.33. The number of halogens is 3. The van der Waals surface area contributed by atoms with E-state index in [1.165, 1.54) is 11.3 Å². The molecule has 0 atom stereocenters. The van der Waals surface area contributed by atoms with Crippen LogP contribution in [0.2, 0.25) is 0 Å². The molecule has 122 valence electrons. The molecule has 3 rings (SSSR count). The molecule has 9 heteroatoms. The fourth-order valence-corrected chi connectivity index (χ4v) is 2.97. The number of hydrogen-bond donors (Lipinski definition) is 0. The molecule has 0 saturated carbocycles. The van der Waals surface area contributed by atoms with Crippen molar-refractivity contribution in [2.75, 3.05) is 31.1 Å². The first-order valence-electron chi connectivity index (χ1n) is 6.92. The number of hydrogen-bond acceptors (Lipinski definition) is 5. The lowest BCUT2D eigenvalue weighted by Gasteiger charge is -2.34. The lowest BCUT2D eigenvalue weighted by atomic mass is 10.2. The van der Waals surface area contributed by atoms with E-state index >= 15 is 0 Å². The summed E-state index contributed by atoms with van der Waals surface area (Å²) >= 11 is 1.45. The van der Waals surface area contributed by atoms with Crippen LogP contribution >= 0.6 is 11.3 Å². The van der Waals surface area contributed by atoms with Gasteiger partial charge in [0.15, 0.2) is 0 Å². The van der Waals surface area contributed by atoms with Gasteiger partial charge in [0, 0.05) is 37.8 Å². The molecular weight excluding hydrogens is 329 g/mol. The summed E-state index contributed by atoms with van der Waals surface area (Å²) < 4.78 is 38.1. The summed E-state index contributed by atoms with van der Waals surface area (Å²) in [5.74, 6) is -0.0154. The molecule has 1 aliphatic heterocycles. The SMILES string of the molecule is O=C(c1ccsc1)N1CCN(c2nccc(C(F)(F)F)n2)CC1. The number of piperazine rings is 1. The Morgan fingerprint density at radius 1 is 1.17 bits per heavy atom. The van der Waals surface area contributed by atoms with Crippen molar-refractivity contribution in [3.8, 4) is 0 Å². The van der Waals surface area contributed by atoms with Gasteiger partial charge in [-0.05, 0) is 17.5 Å². The summed E-state index contributed by atoms with van der Waals surface area (Å²) in [6, 6.07) is 2.61. The molecule has 0 N–H and O–H groups in total. The lowest BCUT2D eigenvalue weighted by Crippen LogP contribution is -2.49. The number of anilines is 1. The average Bonchev–Trinajstić information content (AvgIpc) is 3.08. The second kappa shape index (κ2) is 6.15. The molecular formula is C14H13F3N4OS. The fraction of sp³-hybridized carbons (Fsp3) is 0.357. The fourth-order valence-electron chi connectivity index (χ4n) is 2.34. The second-order valence-electron chi connectivity index (χ2n) is 5.03. The molecule has 1 saturated heterocycles. The van der Waals surface area contributed by atoms with Crippen molar-refractivity contribution in [2.45, 2.75) is 6.18 Å². The van der Waals surface area contributed by atoms with Crippen LogP contribution in [-0.2, 0) is 6.18 Å². The Balaban J connectivity index is 1.66. The summed E-state index contributed by atoms with van der Waals surface area (Å²) in [5, 5.41) is 3.62. The zero-order chi connectivity index (χ0) is 16.4. The molecule has 0 bridgehead atoms. The Hall–Kier alpha value is -2.16. The third-order valence-electron chi connectivity index (χ3n) is 3.55. The predicted molar refractivity (Wildman–Crippen MR) is 79.5 cm³/mol. The minimum Gasteiger partial charge on any atom is -0.337 e. The van der Waals surface area contributed by atoms with Crippen molar-refractivity contribution in [2.24, 2.45) is 0 Å². The summed E-state index contributed by atoms with van der Waals surface area (Å²) in [5.41, 5.74) is -0.321. The van der Waals surface area contributed by atoms with E-state index in [1.807, 2.05) is 5.38 Å². The van der Waals surface area contributed by atoms with Crippen LogP contribution in [0.4, 0.5) is 19.1 Å². The Bertz CT molecular complexity index is 682. The molecule has 0 aromatic carbocycles. The van der Waals surface area contributed by atoms with Crippen LogP contribution in [0.3, 0.4) is 0 Å². The van der Waals surface area contributed by atoms with Gasteiger partial charge < -0.3 is 9.80 Å². The first-order valence-corrected chi connectivity index (χ1v) is 7.86. The van der Waals surface area contributed by atoms with E-state index in [0.29, 0.717) is 31.7 Å². The first kappa shape index (κ1) is 15.7. The molecule has 0 spiro atoms. The Kier molecular flexibility index (Phi) is 4.20. The van der Waals surface area contributed by atoms with Gasteiger partial charge in [0.25, 0.3) is 5.91 Å². The number of alkyl halides is 3. The molecule has 23 heavy (non-hydrogen) atoms. The van der Waals surface area contributed by atoms with Crippen molar-refractivity contribution in [1.82, 2.24) is 14.9 Å². The quantitative estimate of drug-likeness (QED) is 0.841. The number of amides is 1. The number of carbonyl (C=O) groups is 1. The Morgan fingerprint density at radius 2 is 1.91 bits per heavy atom. The topological polar surface area (TPSA) is 49.3 Å². The molecule has 2 aromatic heterocycles. The Labute approximate surface area is 134 Å². The first-order chi connectivity index (χ1) is 10.9. The average molecular weight is 342 g/mol.